The normalized spacial score (nSPS) is 26.4. The first-order valence-electron chi connectivity index (χ1n) is 5.15. The van der Waals surface area contributed by atoms with E-state index in [0.29, 0.717) is 0 Å². The van der Waals surface area contributed by atoms with E-state index in [2.05, 4.69) is 6.07 Å². The maximum Gasteiger partial charge on any atom is 0.0819 e. The largest absolute Gasteiger partial charge is 0.475 e. The van der Waals surface area contributed by atoms with Crippen LogP contribution in [0.15, 0.2) is 24.3 Å². The lowest BCUT2D eigenvalue weighted by molar-refractivity contribution is 0.163. The van der Waals surface area contributed by atoms with Crippen molar-refractivity contribution >= 4 is 7.85 Å². The summed E-state index contributed by atoms with van der Waals surface area (Å²) in [5, 5.41) is 9.81. The van der Waals surface area contributed by atoms with Gasteiger partial charge in [-0.15, -0.1) is 0 Å². The predicted molar refractivity (Wildman–Crippen MR) is 58.2 cm³/mol. The van der Waals surface area contributed by atoms with E-state index in [0.717, 1.165) is 24.8 Å². The summed E-state index contributed by atoms with van der Waals surface area (Å²) in [6, 6.07) is 8.05. The summed E-state index contributed by atoms with van der Waals surface area (Å²) in [6.07, 6.45) is 4.55. The van der Waals surface area contributed by atoms with Crippen molar-refractivity contribution in [2.45, 2.75) is 31.3 Å². The van der Waals surface area contributed by atoms with Gasteiger partial charge in [-0.3, -0.25) is 6.32 Å². The first-order valence-corrected chi connectivity index (χ1v) is 5.15. The van der Waals surface area contributed by atoms with Crippen LogP contribution in [0.2, 0.25) is 0 Å². The summed E-state index contributed by atoms with van der Waals surface area (Å²) in [4.78, 5) is 0. The molecule has 1 nitrogen and oxygen atoms in total. The summed E-state index contributed by atoms with van der Waals surface area (Å²) >= 11 is 0. The van der Waals surface area contributed by atoms with Gasteiger partial charge in [-0.25, -0.2) is 0 Å². The molecule has 2 rings (SSSR count). The molecule has 71 valence electrons. The predicted octanol–water partition coefficient (Wildman–Crippen LogP) is 1.99. The highest BCUT2D eigenvalue weighted by molar-refractivity contribution is 6.17. The Morgan fingerprint density at radius 2 is 2.07 bits per heavy atom. The third-order valence-corrected chi connectivity index (χ3v) is 3.05. The zero-order valence-electron chi connectivity index (χ0n) is 8.19. The summed E-state index contributed by atoms with van der Waals surface area (Å²) in [5.41, 5.74) is 2.25. The molecule has 1 fully saturated rings. The Balaban J connectivity index is 2.30. The highest BCUT2D eigenvalue weighted by atomic mass is 16.3. The Bertz CT molecular complexity index is 311. The fourth-order valence-electron chi connectivity index (χ4n) is 2.30. The van der Waals surface area contributed by atoms with Gasteiger partial charge in [-0.05, 0) is 37.5 Å². The topological polar surface area (TPSA) is 20.2 Å². The zero-order valence-corrected chi connectivity index (χ0v) is 8.19. The van der Waals surface area contributed by atoms with Crippen LogP contribution >= 0.6 is 0 Å². The first kappa shape index (κ1) is 9.66. The molecule has 1 aliphatic rings. The molecule has 1 saturated carbocycles. The number of hydrogen-bond donors (Lipinski definition) is 1. The highest BCUT2D eigenvalue weighted by Gasteiger charge is 2.30. The summed E-state index contributed by atoms with van der Waals surface area (Å²) in [7, 11) is 5.56. The van der Waals surface area contributed by atoms with Crippen molar-refractivity contribution in [3.05, 3.63) is 41.7 Å². The van der Waals surface area contributed by atoms with E-state index in [1.54, 1.807) is 6.32 Å². The molecule has 0 aromatic heterocycles. The van der Waals surface area contributed by atoms with Crippen molar-refractivity contribution in [3.63, 3.8) is 0 Å². The molecular weight excluding hydrogens is 171 g/mol. The van der Waals surface area contributed by atoms with Crippen LogP contribution < -0.4 is 0 Å². The molecule has 2 atom stereocenters. The minimum atomic E-state index is -0.184. The van der Waals surface area contributed by atoms with E-state index < -0.39 is 0 Å². The lowest BCUT2D eigenvalue weighted by Gasteiger charge is -2.14. The smallest absolute Gasteiger partial charge is 0.0819 e. The van der Waals surface area contributed by atoms with E-state index in [-0.39, 0.29) is 12.0 Å². The van der Waals surface area contributed by atoms with Gasteiger partial charge in [-0.1, -0.05) is 0 Å². The molecule has 1 aromatic rings. The van der Waals surface area contributed by atoms with Crippen LogP contribution in [0.3, 0.4) is 0 Å². The van der Waals surface area contributed by atoms with Gasteiger partial charge in [-0.2, -0.15) is 0 Å². The monoisotopic (exact) mass is 185 g/mol. The quantitative estimate of drug-likeness (QED) is 0.551. The molecule has 0 aliphatic heterocycles. The standard InChI is InChI=1S/C12H14BO/c13-8-9-4-1-2-5-10(9)11-6-3-7-12(11)14/h1-2,4-5,8,11-12,14H,3,6-7H2/t11?,12-/m0/s1. The van der Waals surface area contributed by atoms with Crippen molar-refractivity contribution in [2.75, 3.05) is 0 Å². The second-order valence-corrected chi connectivity index (χ2v) is 3.90. The molecule has 1 N–H and O–H groups in total. The van der Waals surface area contributed by atoms with Crippen LogP contribution in [-0.2, 0) is 0 Å². The van der Waals surface area contributed by atoms with Crippen molar-refractivity contribution in [1.29, 1.82) is 0 Å². The van der Waals surface area contributed by atoms with Crippen LogP contribution in [0.1, 0.15) is 36.3 Å². The fraction of sp³-hybridized carbons (Fsp3) is 0.417. The summed E-state index contributed by atoms with van der Waals surface area (Å²) in [6.45, 7) is 0. The Hall–Kier alpha value is -0.885. The Labute approximate surface area is 86.6 Å². The highest BCUT2D eigenvalue weighted by Crippen LogP contribution is 2.36. The van der Waals surface area contributed by atoms with Gasteiger partial charge in [0.1, 0.15) is 0 Å². The maximum absolute atomic E-state index is 9.81. The molecule has 0 bridgehead atoms. The average Bonchev–Trinajstić information content (AvgIpc) is 2.64. The Morgan fingerprint density at radius 3 is 2.71 bits per heavy atom. The Morgan fingerprint density at radius 1 is 1.29 bits per heavy atom. The third-order valence-electron chi connectivity index (χ3n) is 3.05. The zero-order chi connectivity index (χ0) is 9.97. The van der Waals surface area contributed by atoms with Gasteiger partial charge in [0.25, 0.3) is 0 Å². The second kappa shape index (κ2) is 4.10. The van der Waals surface area contributed by atoms with Gasteiger partial charge >= 0.3 is 0 Å². The molecule has 3 radical (unpaired) electrons. The molecular formula is C12H14BO. The molecule has 0 amide bonds. The van der Waals surface area contributed by atoms with E-state index in [1.165, 1.54) is 5.56 Å². The first-order chi connectivity index (χ1) is 6.83. The van der Waals surface area contributed by atoms with Gasteiger partial charge in [0, 0.05) is 6.07 Å². The van der Waals surface area contributed by atoms with Crippen LogP contribution in [0, 0.1) is 6.32 Å². The number of hydrogen-bond acceptors (Lipinski definition) is 1. The minimum absolute atomic E-state index is 0.184. The van der Waals surface area contributed by atoms with Gasteiger partial charge < -0.3 is 13.0 Å². The second-order valence-electron chi connectivity index (χ2n) is 3.90. The molecule has 0 heterocycles. The lowest BCUT2D eigenvalue weighted by atomic mass is 9.85. The van der Waals surface area contributed by atoms with Crippen molar-refractivity contribution < 1.29 is 5.11 Å². The molecule has 1 aromatic carbocycles. The molecule has 14 heavy (non-hydrogen) atoms. The van der Waals surface area contributed by atoms with E-state index in [4.69, 9.17) is 7.85 Å². The van der Waals surface area contributed by atoms with Crippen LogP contribution in [0.5, 0.6) is 0 Å². The molecule has 0 saturated heterocycles. The molecule has 1 aliphatic carbocycles. The number of aliphatic hydroxyl groups is 1. The van der Waals surface area contributed by atoms with Crippen molar-refractivity contribution in [1.82, 2.24) is 0 Å². The van der Waals surface area contributed by atoms with Crippen LogP contribution in [0.4, 0.5) is 0 Å². The summed E-state index contributed by atoms with van der Waals surface area (Å²) in [5.74, 6) is 0.283. The van der Waals surface area contributed by atoms with Crippen molar-refractivity contribution in [3.8, 4) is 0 Å². The lowest BCUT2D eigenvalue weighted by Crippen LogP contribution is -2.12. The third kappa shape index (κ3) is 1.67. The maximum atomic E-state index is 9.81. The molecule has 1 unspecified atom stereocenters. The van der Waals surface area contributed by atoms with Crippen LogP contribution in [0.25, 0.3) is 0 Å². The van der Waals surface area contributed by atoms with Crippen molar-refractivity contribution in [2.24, 2.45) is 0 Å². The number of rotatable bonds is 2. The van der Waals surface area contributed by atoms with E-state index in [9.17, 15) is 5.11 Å². The SMILES string of the molecule is [B-][CH+]c1ccccc1C1CCC[C@@H]1O. The molecule has 0 spiro atoms. The van der Waals surface area contributed by atoms with Gasteiger partial charge in [0.2, 0.25) is 0 Å². The van der Waals surface area contributed by atoms with Gasteiger partial charge in [0.05, 0.1) is 23.1 Å². The van der Waals surface area contributed by atoms with Crippen LogP contribution in [-0.4, -0.2) is 19.1 Å². The molecule has 2 heteroatoms. The van der Waals surface area contributed by atoms with E-state index >= 15 is 0 Å². The fourth-order valence-corrected chi connectivity index (χ4v) is 2.30. The minimum Gasteiger partial charge on any atom is -0.475 e. The van der Waals surface area contributed by atoms with Gasteiger partial charge in [0.15, 0.2) is 0 Å². The Kier molecular flexibility index (Phi) is 2.83. The number of benzene rings is 1. The van der Waals surface area contributed by atoms with E-state index in [1.807, 2.05) is 18.2 Å². The summed E-state index contributed by atoms with van der Waals surface area (Å²) < 4.78 is 0. The average molecular weight is 185 g/mol. The number of aliphatic hydroxyl groups excluding tert-OH is 1.